The number of carbonyl (C=O) groups is 1. The maximum absolute atomic E-state index is 10.6. The van der Waals surface area contributed by atoms with Crippen LogP contribution in [0.5, 0.6) is 0 Å². The molecule has 0 aliphatic carbocycles. The summed E-state index contributed by atoms with van der Waals surface area (Å²) in [5.74, 6) is 0.258. The molecule has 0 aromatic heterocycles. The van der Waals surface area contributed by atoms with E-state index < -0.39 is 11.7 Å². The predicted molar refractivity (Wildman–Crippen MR) is 43.1 cm³/mol. The van der Waals surface area contributed by atoms with Crippen LogP contribution in [0.3, 0.4) is 0 Å². The van der Waals surface area contributed by atoms with Crippen LogP contribution in [0.1, 0.15) is 13.3 Å². The highest BCUT2D eigenvalue weighted by Crippen LogP contribution is 2.04. The van der Waals surface area contributed by atoms with E-state index in [4.69, 9.17) is 23.2 Å². The molecule has 3 nitrogen and oxygen atoms in total. The number of carbonyl (C=O) groups excluding carboxylic acids is 1. The average Bonchev–Trinajstić information content (AvgIpc) is 2.00. The lowest BCUT2D eigenvalue weighted by atomic mass is 10.5. The Morgan fingerprint density at radius 3 is 2.73 bits per heavy atom. The Hall–Kier alpha value is -0.150. The summed E-state index contributed by atoms with van der Waals surface area (Å²) in [5, 5.41) is 0. The number of alkyl halides is 2. The van der Waals surface area contributed by atoms with Crippen molar-refractivity contribution in [3.63, 3.8) is 0 Å². The van der Waals surface area contributed by atoms with Crippen molar-refractivity contribution in [3.05, 3.63) is 0 Å². The first kappa shape index (κ1) is 10.8. The predicted octanol–water partition coefficient (Wildman–Crippen LogP) is 2.35. The van der Waals surface area contributed by atoms with Gasteiger partial charge in [-0.2, -0.15) is 0 Å². The smallest absolute Gasteiger partial charge is 0.433 e. The van der Waals surface area contributed by atoms with Gasteiger partial charge in [0.05, 0.1) is 5.88 Å². The molecule has 1 atom stereocenters. The molecule has 5 heteroatoms. The minimum atomic E-state index is -0.771. The quantitative estimate of drug-likeness (QED) is 0.517. The highest BCUT2D eigenvalue weighted by molar-refractivity contribution is 6.20. The Labute approximate surface area is 75.6 Å². The molecule has 0 N–H and O–H groups in total. The molecule has 0 aromatic rings. The monoisotopic (exact) mass is 200 g/mol. The highest BCUT2D eigenvalue weighted by atomic mass is 35.5. The van der Waals surface area contributed by atoms with E-state index in [1.165, 1.54) is 0 Å². The van der Waals surface area contributed by atoms with E-state index in [1.54, 1.807) is 6.92 Å². The van der Waals surface area contributed by atoms with Crippen LogP contribution in [0.25, 0.3) is 0 Å². The van der Waals surface area contributed by atoms with Crippen LogP contribution < -0.4 is 0 Å². The van der Waals surface area contributed by atoms with Gasteiger partial charge in [0.1, 0.15) is 6.61 Å². The van der Waals surface area contributed by atoms with Gasteiger partial charge in [0, 0.05) is 0 Å². The van der Waals surface area contributed by atoms with Crippen molar-refractivity contribution >= 4 is 29.4 Å². The van der Waals surface area contributed by atoms with Crippen LogP contribution in [0.2, 0.25) is 0 Å². The molecular formula is C6H10Cl2O3. The maximum atomic E-state index is 10.6. The molecule has 0 radical (unpaired) electrons. The molecule has 0 rings (SSSR count). The van der Waals surface area contributed by atoms with Crippen molar-refractivity contribution in [2.24, 2.45) is 0 Å². The molecule has 0 fully saturated rings. The van der Waals surface area contributed by atoms with Gasteiger partial charge in [-0.25, -0.2) is 4.79 Å². The van der Waals surface area contributed by atoms with E-state index in [2.05, 4.69) is 9.47 Å². The van der Waals surface area contributed by atoms with E-state index >= 15 is 0 Å². The summed E-state index contributed by atoms with van der Waals surface area (Å²) < 4.78 is 9.03. The molecule has 0 bridgehead atoms. The lowest BCUT2D eigenvalue weighted by molar-refractivity contribution is 0.0490. The molecule has 0 amide bonds. The summed E-state index contributed by atoms with van der Waals surface area (Å²) in [4.78, 5) is 10.6. The van der Waals surface area contributed by atoms with Gasteiger partial charge in [0.15, 0.2) is 5.56 Å². The fraction of sp³-hybridized carbons (Fsp3) is 0.833. The van der Waals surface area contributed by atoms with Crippen molar-refractivity contribution in [2.45, 2.75) is 18.9 Å². The molecule has 1 unspecified atom stereocenters. The van der Waals surface area contributed by atoms with Crippen LogP contribution in [-0.4, -0.2) is 24.2 Å². The zero-order chi connectivity index (χ0) is 8.69. The second-order valence-electron chi connectivity index (χ2n) is 1.72. The van der Waals surface area contributed by atoms with Crippen LogP contribution >= 0.6 is 23.2 Å². The number of hydrogen-bond donors (Lipinski definition) is 0. The van der Waals surface area contributed by atoms with Gasteiger partial charge >= 0.3 is 6.16 Å². The molecule has 0 aliphatic heterocycles. The minimum absolute atomic E-state index is 0.147. The average molecular weight is 201 g/mol. The van der Waals surface area contributed by atoms with Gasteiger partial charge < -0.3 is 9.47 Å². The summed E-state index contributed by atoms with van der Waals surface area (Å²) >= 11 is 10.7. The fourth-order valence-corrected chi connectivity index (χ4v) is 0.494. The van der Waals surface area contributed by atoms with Crippen molar-refractivity contribution in [2.75, 3.05) is 12.5 Å². The number of halogens is 2. The number of hydrogen-bond acceptors (Lipinski definition) is 3. The van der Waals surface area contributed by atoms with Crippen molar-refractivity contribution < 1.29 is 14.3 Å². The zero-order valence-corrected chi connectivity index (χ0v) is 7.69. The third-order valence-corrected chi connectivity index (χ3v) is 1.39. The normalized spacial score (nSPS) is 12.3. The Bertz CT molecular complexity index is 118. The first-order valence-corrected chi connectivity index (χ1v) is 4.21. The number of rotatable bonds is 4. The summed E-state index contributed by atoms with van der Waals surface area (Å²) in [7, 11) is 0. The van der Waals surface area contributed by atoms with Gasteiger partial charge in [-0.05, 0) is 6.42 Å². The molecular weight excluding hydrogens is 191 g/mol. The molecule has 0 saturated carbocycles. The third-order valence-electron chi connectivity index (χ3n) is 0.842. The molecule has 0 spiro atoms. The zero-order valence-electron chi connectivity index (χ0n) is 6.18. The van der Waals surface area contributed by atoms with E-state index in [0.717, 1.165) is 0 Å². The van der Waals surface area contributed by atoms with Gasteiger partial charge in [-0.3, -0.25) is 0 Å². The molecule has 0 saturated heterocycles. The second-order valence-corrected chi connectivity index (χ2v) is 2.59. The minimum Gasteiger partial charge on any atom is -0.433 e. The van der Waals surface area contributed by atoms with Gasteiger partial charge in [-0.1, -0.05) is 18.5 Å². The van der Waals surface area contributed by atoms with Gasteiger partial charge in [0.25, 0.3) is 0 Å². The van der Waals surface area contributed by atoms with Crippen LogP contribution in [-0.2, 0) is 9.47 Å². The third kappa shape index (κ3) is 6.26. The van der Waals surface area contributed by atoms with Crippen molar-refractivity contribution in [1.82, 2.24) is 0 Å². The molecule has 11 heavy (non-hydrogen) atoms. The second kappa shape index (κ2) is 6.55. The van der Waals surface area contributed by atoms with Crippen molar-refractivity contribution in [1.29, 1.82) is 0 Å². The van der Waals surface area contributed by atoms with Crippen LogP contribution in [0.15, 0.2) is 0 Å². The lowest BCUT2D eigenvalue weighted by Gasteiger charge is -2.07. The fourth-order valence-electron chi connectivity index (χ4n) is 0.344. The van der Waals surface area contributed by atoms with Crippen LogP contribution in [0.4, 0.5) is 4.79 Å². The summed E-state index contributed by atoms with van der Waals surface area (Å²) in [6, 6.07) is 0. The number of ether oxygens (including phenoxy) is 2. The Morgan fingerprint density at radius 2 is 2.27 bits per heavy atom. The summed E-state index contributed by atoms with van der Waals surface area (Å²) in [6.45, 7) is 1.94. The van der Waals surface area contributed by atoms with E-state index in [9.17, 15) is 4.79 Å². The topological polar surface area (TPSA) is 35.5 Å². The van der Waals surface area contributed by atoms with E-state index in [-0.39, 0.29) is 12.5 Å². The SMILES string of the molecule is CCC(Cl)OC(=O)OCCCl. The largest absolute Gasteiger partial charge is 0.509 e. The molecule has 0 heterocycles. The standard InChI is InChI=1S/C6H10Cl2O3/c1-2-5(8)11-6(9)10-4-3-7/h5H,2-4H2,1H3. The maximum Gasteiger partial charge on any atom is 0.509 e. The molecule has 0 aromatic carbocycles. The Kier molecular flexibility index (Phi) is 6.46. The summed E-state index contributed by atoms with van der Waals surface area (Å²) in [5.41, 5.74) is -0.613. The first-order valence-electron chi connectivity index (χ1n) is 3.24. The highest BCUT2D eigenvalue weighted by Gasteiger charge is 2.09. The summed E-state index contributed by atoms with van der Waals surface area (Å²) in [6.07, 6.45) is -0.218. The first-order chi connectivity index (χ1) is 5.20. The van der Waals surface area contributed by atoms with E-state index in [1.807, 2.05) is 0 Å². The van der Waals surface area contributed by atoms with Gasteiger partial charge in [0.2, 0.25) is 0 Å². The van der Waals surface area contributed by atoms with Crippen molar-refractivity contribution in [3.8, 4) is 0 Å². The van der Waals surface area contributed by atoms with Gasteiger partial charge in [-0.15, -0.1) is 11.6 Å². The van der Waals surface area contributed by atoms with Crippen LogP contribution in [0, 0.1) is 0 Å². The van der Waals surface area contributed by atoms with E-state index in [0.29, 0.717) is 6.42 Å². The Morgan fingerprint density at radius 1 is 1.64 bits per heavy atom. The molecule has 0 aliphatic rings. The lowest BCUT2D eigenvalue weighted by Crippen LogP contribution is -2.14. The molecule has 66 valence electrons. The Balaban J connectivity index is 3.36.